The molecule has 172 valence electrons. The third-order valence-electron chi connectivity index (χ3n) is 6.48. The van der Waals surface area contributed by atoms with Crippen LogP contribution in [0, 0.1) is 0 Å². The highest BCUT2D eigenvalue weighted by atomic mass is 32.1. The fourth-order valence-corrected chi connectivity index (χ4v) is 5.74. The molecule has 2 aliphatic rings. The third kappa shape index (κ3) is 3.66. The first-order chi connectivity index (χ1) is 16.6. The highest BCUT2D eigenvalue weighted by Crippen LogP contribution is 2.34. The largest absolute Gasteiger partial charge is 0.335 e. The zero-order valence-corrected chi connectivity index (χ0v) is 19.6. The molecule has 0 unspecified atom stereocenters. The number of nitrogens with zero attached hydrogens (tertiary/aromatic N) is 4. The molecule has 2 aliphatic heterocycles. The average Bonchev–Trinajstić information content (AvgIpc) is 3.48. The van der Waals surface area contributed by atoms with Gasteiger partial charge in [0.05, 0.1) is 10.4 Å². The lowest BCUT2D eigenvalue weighted by Crippen LogP contribution is -2.46. The molecule has 0 aliphatic carbocycles. The maximum Gasteiger partial charge on any atom is 0.264 e. The summed E-state index contributed by atoms with van der Waals surface area (Å²) < 4.78 is 1.03. The van der Waals surface area contributed by atoms with Gasteiger partial charge in [0.15, 0.2) is 0 Å². The molecular weight excluding hydrogens is 448 g/mol. The summed E-state index contributed by atoms with van der Waals surface area (Å²) in [5, 5.41) is 8.46. The van der Waals surface area contributed by atoms with E-state index in [1.807, 2.05) is 41.3 Å². The molecule has 4 heterocycles. The van der Waals surface area contributed by atoms with Gasteiger partial charge in [-0.3, -0.25) is 9.59 Å². The van der Waals surface area contributed by atoms with Crippen molar-refractivity contribution in [2.24, 2.45) is 0 Å². The Bertz CT molecular complexity index is 1440. The number of piperazine rings is 1. The molecule has 0 spiro atoms. The van der Waals surface area contributed by atoms with E-state index in [1.165, 1.54) is 16.9 Å². The van der Waals surface area contributed by atoms with Gasteiger partial charge in [-0.2, -0.15) is 0 Å². The number of hydrogen-bond donors (Lipinski definition) is 2. The molecule has 2 N–H and O–H groups in total. The minimum atomic E-state index is 0.0453. The maximum absolute atomic E-state index is 13.0. The standard InChI is InChI=1S/C25H24N6O2S/c1-15(32)31-9-6-16-2-4-18(12-20(16)31)28-25-27-14-17-3-5-21-19(23(17)29-25)13-22(34-21)24(33)30-10-7-26-8-11-30/h2-5,12-14,26H,6-11H2,1H3,(H,27,28,29). The average molecular weight is 473 g/mol. The SMILES string of the molecule is CC(=O)N1CCc2ccc(Nc3ncc4ccc5sc(C(=O)N6CCNCC6)cc5c4n3)cc21. The maximum atomic E-state index is 13.0. The van der Waals surface area contributed by atoms with E-state index in [0.29, 0.717) is 12.5 Å². The van der Waals surface area contributed by atoms with Gasteiger partial charge in [0.1, 0.15) is 0 Å². The summed E-state index contributed by atoms with van der Waals surface area (Å²) in [4.78, 5) is 38.7. The van der Waals surface area contributed by atoms with Crippen LogP contribution in [0.3, 0.4) is 0 Å². The highest BCUT2D eigenvalue weighted by molar-refractivity contribution is 7.21. The molecule has 34 heavy (non-hydrogen) atoms. The number of hydrogen-bond acceptors (Lipinski definition) is 7. The number of fused-ring (bicyclic) bond motifs is 4. The van der Waals surface area contributed by atoms with Gasteiger partial charge in [-0.05, 0) is 42.3 Å². The Balaban J connectivity index is 1.33. The van der Waals surface area contributed by atoms with E-state index < -0.39 is 0 Å². The Morgan fingerprint density at radius 3 is 2.76 bits per heavy atom. The van der Waals surface area contributed by atoms with Crippen LogP contribution < -0.4 is 15.5 Å². The zero-order chi connectivity index (χ0) is 23.2. The Kier molecular flexibility index (Phi) is 5.15. The van der Waals surface area contributed by atoms with Crippen LogP contribution in [-0.4, -0.2) is 59.4 Å². The summed E-state index contributed by atoms with van der Waals surface area (Å²) in [6.45, 7) is 5.42. The second-order valence-corrected chi connectivity index (χ2v) is 9.73. The quantitative estimate of drug-likeness (QED) is 0.474. The van der Waals surface area contributed by atoms with Crippen molar-refractivity contribution in [3.63, 3.8) is 0 Å². The summed E-state index contributed by atoms with van der Waals surface area (Å²) >= 11 is 1.51. The molecule has 2 amide bonds. The van der Waals surface area contributed by atoms with Crippen molar-refractivity contribution in [1.29, 1.82) is 0 Å². The van der Waals surface area contributed by atoms with Gasteiger partial charge in [-0.1, -0.05) is 6.07 Å². The second kappa shape index (κ2) is 8.34. The summed E-state index contributed by atoms with van der Waals surface area (Å²) in [6.07, 6.45) is 2.67. The molecule has 0 radical (unpaired) electrons. The minimum Gasteiger partial charge on any atom is -0.335 e. The van der Waals surface area contributed by atoms with E-state index in [4.69, 9.17) is 4.98 Å². The lowest BCUT2D eigenvalue weighted by Gasteiger charge is -2.26. The molecule has 2 aromatic carbocycles. The van der Waals surface area contributed by atoms with E-state index in [9.17, 15) is 9.59 Å². The zero-order valence-electron chi connectivity index (χ0n) is 18.8. The number of amides is 2. The summed E-state index contributed by atoms with van der Waals surface area (Å²) in [5.41, 5.74) is 3.76. The van der Waals surface area contributed by atoms with Crippen LogP contribution in [0.2, 0.25) is 0 Å². The number of aromatic nitrogens is 2. The van der Waals surface area contributed by atoms with E-state index in [-0.39, 0.29) is 11.8 Å². The molecule has 1 fully saturated rings. The van der Waals surface area contributed by atoms with Crippen molar-refractivity contribution < 1.29 is 9.59 Å². The molecule has 0 saturated carbocycles. The number of benzene rings is 2. The van der Waals surface area contributed by atoms with Crippen molar-refractivity contribution in [3.05, 3.63) is 53.0 Å². The van der Waals surface area contributed by atoms with Crippen molar-refractivity contribution in [3.8, 4) is 0 Å². The summed E-state index contributed by atoms with van der Waals surface area (Å²) in [7, 11) is 0. The van der Waals surface area contributed by atoms with Crippen LogP contribution in [0.15, 0.2) is 42.6 Å². The van der Waals surface area contributed by atoms with Gasteiger partial charge in [0.25, 0.3) is 5.91 Å². The smallest absolute Gasteiger partial charge is 0.264 e. The Hall–Kier alpha value is -3.56. The van der Waals surface area contributed by atoms with Crippen LogP contribution in [0.4, 0.5) is 17.3 Å². The van der Waals surface area contributed by atoms with Crippen molar-refractivity contribution in [2.45, 2.75) is 13.3 Å². The van der Waals surface area contributed by atoms with Gasteiger partial charge in [0.2, 0.25) is 11.9 Å². The molecule has 1 saturated heterocycles. The number of thiophene rings is 1. The number of carbonyl (C=O) groups is 2. The second-order valence-electron chi connectivity index (χ2n) is 8.65. The molecule has 0 bridgehead atoms. The monoisotopic (exact) mass is 472 g/mol. The first-order valence-electron chi connectivity index (χ1n) is 11.4. The van der Waals surface area contributed by atoms with Gasteiger partial charge >= 0.3 is 0 Å². The molecule has 0 atom stereocenters. The van der Waals surface area contributed by atoms with Crippen molar-refractivity contribution >= 4 is 61.5 Å². The van der Waals surface area contributed by atoms with Crippen molar-refractivity contribution in [2.75, 3.05) is 42.9 Å². The van der Waals surface area contributed by atoms with Crippen LogP contribution in [0.1, 0.15) is 22.2 Å². The van der Waals surface area contributed by atoms with Gasteiger partial charge < -0.3 is 20.4 Å². The first kappa shape index (κ1) is 21.0. The molecular formula is C25H24N6O2S. The first-order valence-corrected chi connectivity index (χ1v) is 12.3. The molecule has 9 heteroatoms. The Morgan fingerprint density at radius 1 is 1.09 bits per heavy atom. The predicted octanol–water partition coefficient (Wildman–Crippen LogP) is 3.54. The van der Waals surface area contributed by atoms with Gasteiger partial charge in [-0.15, -0.1) is 11.3 Å². The summed E-state index contributed by atoms with van der Waals surface area (Å²) in [5.74, 6) is 0.605. The molecule has 8 nitrogen and oxygen atoms in total. The van der Waals surface area contributed by atoms with E-state index in [2.05, 4.69) is 15.6 Å². The molecule has 4 aromatic rings. The Labute approximate surface area is 200 Å². The number of carbonyl (C=O) groups excluding carboxylic acids is 2. The minimum absolute atomic E-state index is 0.0453. The summed E-state index contributed by atoms with van der Waals surface area (Å²) in [6, 6.07) is 12.0. The molecule has 2 aromatic heterocycles. The number of rotatable bonds is 3. The third-order valence-corrected chi connectivity index (χ3v) is 7.57. The fourth-order valence-electron chi connectivity index (χ4n) is 4.71. The fraction of sp³-hybridized carbons (Fsp3) is 0.280. The Morgan fingerprint density at radius 2 is 1.94 bits per heavy atom. The van der Waals surface area contributed by atoms with Crippen LogP contribution in [0.25, 0.3) is 21.0 Å². The molecule has 6 rings (SSSR count). The van der Waals surface area contributed by atoms with E-state index >= 15 is 0 Å². The lowest BCUT2D eigenvalue weighted by molar-refractivity contribution is -0.116. The predicted molar refractivity (Wildman–Crippen MR) is 135 cm³/mol. The van der Waals surface area contributed by atoms with Gasteiger partial charge in [0, 0.05) is 72.7 Å². The van der Waals surface area contributed by atoms with Crippen LogP contribution in [-0.2, 0) is 11.2 Å². The topological polar surface area (TPSA) is 90.5 Å². The van der Waals surface area contributed by atoms with Crippen LogP contribution >= 0.6 is 11.3 Å². The lowest BCUT2D eigenvalue weighted by atomic mass is 10.1. The number of nitrogens with one attached hydrogen (secondary N) is 2. The highest BCUT2D eigenvalue weighted by Gasteiger charge is 2.23. The van der Waals surface area contributed by atoms with Crippen molar-refractivity contribution in [1.82, 2.24) is 20.2 Å². The van der Waals surface area contributed by atoms with Crippen LogP contribution in [0.5, 0.6) is 0 Å². The van der Waals surface area contributed by atoms with E-state index in [1.54, 1.807) is 18.0 Å². The normalized spacial score (nSPS) is 15.7. The van der Waals surface area contributed by atoms with Gasteiger partial charge in [-0.25, -0.2) is 9.97 Å². The van der Waals surface area contributed by atoms with E-state index in [0.717, 1.165) is 69.8 Å². The number of anilines is 3.